The van der Waals surface area contributed by atoms with Gasteiger partial charge >= 0.3 is 5.69 Å². The molecule has 2 rings (SSSR count). The first-order chi connectivity index (χ1) is 9.91. The molecule has 2 atom stereocenters. The Kier molecular flexibility index (Phi) is 4.56. The molecule has 0 saturated carbocycles. The predicted molar refractivity (Wildman–Crippen MR) is 75.1 cm³/mol. The van der Waals surface area contributed by atoms with Crippen LogP contribution in [0.2, 0.25) is 0 Å². The zero-order valence-electron chi connectivity index (χ0n) is 12.5. The summed E-state index contributed by atoms with van der Waals surface area (Å²) in [7, 11) is 0. The smallest absolute Gasteiger partial charge is 0.312 e. The number of ether oxygens (including phenoxy) is 1. The molecular weight excluding hydrogens is 276 g/mol. The molecule has 1 amide bonds. The SMILES string of the molecule is Cc1nn([C@H](C)C(=O)NC[C@H]2CCCO2)c(C)c1[N+](=O)[O-]. The van der Waals surface area contributed by atoms with Crippen LogP contribution in [0.1, 0.15) is 37.2 Å². The predicted octanol–water partition coefficient (Wildman–Crippen LogP) is 1.26. The maximum Gasteiger partial charge on any atom is 0.312 e. The summed E-state index contributed by atoms with van der Waals surface area (Å²) in [5, 5.41) is 17.9. The van der Waals surface area contributed by atoms with Gasteiger partial charge in [-0.2, -0.15) is 5.10 Å². The molecule has 0 radical (unpaired) electrons. The van der Waals surface area contributed by atoms with Crippen molar-refractivity contribution in [1.29, 1.82) is 0 Å². The highest BCUT2D eigenvalue weighted by atomic mass is 16.6. The molecule has 116 valence electrons. The Hall–Kier alpha value is -1.96. The van der Waals surface area contributed by atoms with E-state index in [0.717, 1.165) is 19.4 Å². The number of nitro groups is 1. The number of carbonyl (C=O) groups excluding carboxylic acids is 1. The molecule has 0 spiro atoms. The Balaban J connectivity index is 2.05. The number of nitrogens with zero attached hydrogens (tertiary/aromatic N) is 3. The number of hydrogen-bond donors (Lipinski definition) is 1. The number of hydrogen-bond acceptors (Lipinski definition) is 5. The Morgan fingerprint density at radius 3 is 2.86 bits per heavy atom. The summed E-state index contributed by atoms with van der Waals surface area (Å²) in [6.07, 6.45) is 2.02. The lowest BCUT2D eigenvalue weighted by Gasteiger charge is -2.16. The first-order valence-corrected chi connectivity index (χ1v) is 7.01. The van der Waals surface area contributed by atoms with Crippen molar-refractivity contribution in [2.45, 2.75) is 45.8 Å². The second kappa shape index (κ2) is 6.21. The van der Waals surface area contributed by atoms with Crippen LogP contribution in [-0.4, -0.2) is 39.9 Å². The van der Waals surface area contributed by atoms with E-state index in [0.29, 0.717) is 17.9 Å². The number of carbonyl (C=O) groups is 1. The fraction of sp³-hybridized carbons (Fsp3) is 0.692. The third-order valence-electron chi connectivity index (χ3n) is 3.74. The van der Waals surface area contributed by atoms with Gasteiger partial charge in [-0.25, -0.2) is 0 Å². The van der Waals surface area contributed by atoms with Crippen LogP contribution in [0.3, 0.4) is 0 Å². The number of aromatic nitrogens is 2. The van der Waals surface area contributed by atoms with Gasteiger partial charge in [0.05, 0.1) is 11.0 Å². The van der Waals surface area contributed by atoms with Crippen LogP contribution in [0.25, 0.3) is 0 Å². The molecule has 8 heteroatoms. The van der Waals surface area contributed by atoms with Gasteiger partial charge in [-0.1, -0.05) is 0 Å². The second-order valence-electron chi connectivity index (χ2n) is 5.28. The lowest BCUT2D eigenvalue weighted by molar-refractivity contribution is -0.386. The van der Waals surface area contributed by atoms with Crippen LogP contribution in [0.15, 0.2) is 0 Å². The van der Waals surface area contributed by atoms with E-state index < -0.39 is 11.0 Å². The maximum absolute atomic E-state index is 12.1. The van der Waals surface area contributed by atoms with Gasteiger partial charge < -0.3 is 10.1 Å². The normalized spacial score (nSPS) is 19.5. The van der Waals surface area contributed by atoms with Crippen molar-refractivity contribution in [3.8, 4) is 0 Å². The van der Waals surface area contributed by atoms with Gasteiger partial charge in [0.1, 0.15) is 17.4 Å². The molecule has 0 bridgehead atoms. The van der Waals surface area contributed by atoms with Crippen molar-refractivity contribution in [2.75, 3.05) is 13.2 Å². The molecule has 1 saturated heterocycles. The fourth-order valence-corrected chi connectivity index (χ4v) is 2.57. The first-order valence-electron chi connectivity index (χ1n) is 7.01. The second-order valence-corrected chi connectivity index (χ2v) is 5.28. The molecule has 1 aliphatic heterocycles. The van der Waals surface area contributed by atoms with Gasteiger partial charge in [0.2, 0.25) is 5.91 Å². The molecule has 2 heterocycles. The van der Waals surface area contributed by atoms with Crippen molar-refractivity contribution < 1.29 is 14.5 Å². The van der Waals surface area contributed by atoms with Crippen molar-refractivity contribution in [2.24, 2.45) is 0 Å². The fourth-order valence-electron chi connectivity index (χ4n) is 2.57. The van der Waals surface area contributed by atoms with E-state index in [1.54, 1.807) is 20.8 Å². The average Bonchev–Trinajstić information content (AvgIpc) is 3.03. The molecule has 1 aromatic rings. The summed E-state index contributed by atoms with van der Waals surface area (Å²) in [6.45, 7) is 6.04. The van der Waals surface area contributed by atoms with E-state index in [-0.39, 0.29) is 17.7 Å². The number of aryl methyl sites for hydroxylation is 1. The average molecular weight is 296 g/mol. The highest BCUT2D eigenvalue weighted by Gasteiger charge is 2.27. The zero-order chi connectivity index (χ0) is 15.6. The monoisotopic (exact) mass is 296 g/mol. The van der Waals surface area contributed by atoms with Gasteiger partial charge in [0, 0.05) is 13.2 Å². The summed E-state index contributed by atoms with van der Waals surface area (Å²) < 4.78 is 6.84. The summed E-state index contributed by atoms with van der Waals surface area (Å²) in [5.41, 5.74) is 0.669. The minimum Gasteiger partial charge on any atom is -0.376 e. The van der Waals surface area contributed by atoms with Crippen LogP contribution in [0.4, 0.5) is 5.69 Å². The molecule has 1 fully saturated rings. The molecule has 1 aliphatic rings. The minimum atomic E-state index is -0.598. The molecular formula is C13H20N4O4. The highest BCUT2D eigenvalue weighted by molar-refractivity contribution is 5.80. The Morgan fingerprint density at radius 1 is 1.62 bits per heavy atom. The lowest BCUT2D eigenvalue weighted by Crippen LogP contribution is -2.36. The summed E-state index contributed by atoms with van der Waals surface area (Å²) >= 11 is 0. The molecule has 0 aromatic carbocycles. The minimum absolute atomic E-state index is 0.0335. The summed E-state index contributed by atoms with van der Waals surface area (Å²) in [5.74, 6) is -0.217. The maximum atomic E-state index is 12.1. The molecule has 8 nitrogen and oxygen atoms in total. The third-order valence-corrected chi connectivity index (χ3v) is 3.74. The van der Waals surface area contributed by atoms with Crippen LogP contribution in [0.5, 0.6) is 0 Å². The van der Waals surface area contributed by atoms with Gasteiger partial charge in [0.15, 0.2) is 0 Å². The van der Waals surface area contributed by atoms with Gasteiger partial charge in [0.25, 0.3) is 0 Å². The van der Waals surface area contributed by atoms with E-state index in [9.17, 15) is 14.9 Å². The Bertz CT molecular complexity index is 549. The van der Waals surface area contributed by atoms with Gasteiger partial charge in [-0.15, -0.1) is 0 Å². The van der Waals surface area contributed by atoms with E-state index in [1.165, 1.54) is 4.68 Å². The van der Waals surface area contributed by atoms with Crippen LogP contribution in [-0.2, 0) is 9.53 Å². The van der Waals surface area contributed by atoms with Gasteiger partial charge in [-0.05, 0) is 33.6 Å². The van der Waals surface area contributed by atoms with E-state index in [4.69, 9.17) is 4.74 Å². The third kappa shape index (κ3) is 3.21. The standard InChI is InChI=1S/C13H20N4O4/c1-8-12(17(19)20)9(2)16(15-8)10(3)13(18)14-7-11-5-4-6-21-11/h10-11H,4-7H2,1-3H3,(H,14,18)/t10-,11-/m1/s1. The lowest BCUT2D eigenvalue weighted by atomic mass is 10.2. The topological polar surface area (TPSA) is 99.3 Å². The summed E-state index contributed by atoms with van der Waals surface area (Å²) in [6, 6.07) is -0.598. The Morgan fingerprint density at radius 2 is 2.33 bits per heavy atom. The number of amides is 1. The van der Waals surface area contributed by atoms with Crippen molar-refractivity contribution in [1.82, 2.24) is 15.1 Å². The molecule has 21 heavy (non-hydrogen) atoms. The largest absolute Gasteiger partial charge is 0.376 e. The van der Waals surface area contributed by atoms with Crippen LogP contribution < -0.4 is 5.32 Å². The first kappa shape index (κ1) is 15.4. The quantitative estimate of drug-likeness (QED) is 0.651. The van der Waals surface area contributed by atoms with Crippen molar-refractivity contribution in [3.63, 3.8) is 0 Å². The van der Waals surface area contributed by atoms with Crippen LogP contribution in [0, 0.1) is 24.0 Å². The molecule has 0 unspecified atom stereocenters. The zero-order valence-corrected chi connectivity index (χ0v) is 12.5. The van der Waals surface area contributed by atoms with Gasteiger partial charge in [-0.3, -0.25) is 19.6 Å². The van der Waals surface area contributed by atoms with E-state index in [1.807, 2.05) is 0 Å². The summed E-state index contributed by atoms with van der Waals surface area (Å²) in [4.78, 5) is 22.7. The molecule has 1 aromatic heterocycles. The molecule has 0 aliphatic carbocycles. The van der Waals surface area contributed by atoms with Crippen LogP contribution >= 0.6 is 0 Å². The van der Waals surface area contributed by atoms with E-state index in [2.05, 4.69) is 10.4 Å². The number of nitrogens with one attached hydrogen (secondary N) is 1. The van der Waals surface area contributed by atoms with Crippen molar-refractivity contribution >= 4 is 11.6 Å². The number of rotatable bonds is 5. The Labute approximate surface area is 122 Å². The molecule has 1 N–H and O–H groups in total. The van der Waals surface area contributed by atoms with Crippen molar-refractivity contribution in [3.05, 3.63) is 21.5 Å². The van der Waals surface area contributed by atoms with E-state index >= 15 is 0 Å². The highest BCUT2D eigenvalue weighted by Crippen LogP contribution is 2.24.